The zero-order valence-electron chi connectivity index (χ0n) is 15.7. The van der Waals surface area contributed by atoms with Crippen LogP contribution in [0.25, 0.3) is 0 Å². The van der Waals surface area contributed by atoms with Crippen LogP contribution in [0.15, 0.2) is 29.2 Å². The van der Waals surface area contributed by atoms with Gasteiger partial charge in [0.1, 0.15) is 10.7 Å². The summed E-state index contributed by atoms with van der Waals surface area (Å²) in [7, 11) is -7.40. The average Bonchev–Trinajstić information content (AvgIpc) is 2.83. The first-order valence-electron chi connectivity index (χ1n) is 8.85. The fourth-order valence-electron chi connectivity index (χ4n) is 3.32. The van der Waals surface area contributed by atoms with Crippen LogP contribution in [0.3, 0.4) is 0 Å². The zero-order valence-corrected chi connectivity index (χ0v) is 17.4. The molecule has 1 fully saturated rings. The lowest BCUT2D eigenvalue weighted by Gasteiger charge is -2.22. The molecule has 1 N–H and O–H groups in total. The third kappa shape index (κ3) is 4.27. The lowest BCUT2D eigenvalue weighted by atomic mass is 10.2. The minimum absolute atomic E-state index is 0.0645. The minimum Gasteiger partial charge on any atom is -0.281 e. The van der Waals surface area contributed by atoms with Crippen molar-refractivity contribution in [2.75, 3.05) is 26.2 Å². The van der Waals surface area contributed by atoms with E-state index in [1.54, 1.807) is 13.8 Å². The van der Waals surface area contributed by atoms with Gasteiger partial charge in [0.15, 0.2) is 0 Å². The van der Waals surface area contributed by atoms with Gasteiger partial charge < -0.3 is 0 Å². The van der Waals surface area contributed by atoms with Crippen LogP contribution in [0.4, 0.5) is 4.39 Å². The average molecular weight is 431 g/mol. The van der Waals surface area contributed by atoms with Crippen LogP contribution >= 0.6 is 0 Å². The Bertz CT molecular complexity index is 1030. The minimum atomic E-state index is -3.76. The van der Waals surface area contributed by atoms with Crippen molar-refractivity contribution in [2.45, 2.75) is 30.9 Å². The number of benzene rings is 1. The third-order valence-electron chi connectivity index (χ3n) is 4.73. The van der Waals surface area contributed by atoms with Gasteiger partial charge in [-0.25, -0.2) is 25.5 Å². The number of halogens is 1. The van der Waals surface area contributed by atoms with Crippen LogP contribution in [0.5, 0.6) is 0 Å². The van der Waals surface area contributed by atoms with Crippen molar-refractivity contribution in [1.82, 2.24) is 18.8 Å². The molecular weight excluding hydrogens is 407 g/mol. The molecule has 0 bridgehead atoms. The molecule has 1 saturated heterocycles. The summed E-state index contributed by atoms with van der Waals surface area (Å²) < 4.78 is 67.1. The molecule has 0 unspecified atom stereocenters. The fraction of sp³-hybridized carbons (Fsp3) is 0.471. The van der Waals surface area contributed by atoms with E-state index in [0.29, 0.717) is 23.4 Å². The number of rotatable bonds is 5. The van der Waals surface area contributed by atoms with Gasteiger partial charge in [0.25, 0.3) is 0 Å². The molecule has 1 aliphatic heterocycles. The number of nitrogens with one attached hydrogen (secondary N) is 1. The van der Waals surface area contributed by atoms with Crippen LogP contribution < -0.4 is 0 Å². The van der Waals surface area contributed by atoms with Crippen molar-refractivity contribution in [3.8, 4) is 0 Å². The predicted octanol–water partition coefficient (Wildman–Crippen LogP) is 1.39. The molecule has 0 radical (unpaired) electrons. The molecule has 2 aromatic rings. The van der Waals surface area contributed by atoms with Crippen molar-refractivity contribution in [2.24, 2.45) is 0 Å². The van der Waals surface area contributed by atoms with Gasteiger partial charge in [-0.2, -0.15) is 9.40 Å². The molecule has 0 spiro atoms. The molecule has 3 rings (SSSR count). The number of H-pyrrole nitrogens is 1. The monoisotopic (exact) mass is 430 g/mol. The molecule has 1 aromatic heterocycles. The van der Waals surface area contributed by atoms with E-state index in [0.717, 1.165) is 0 Å². The Balaban J connectivity index is 1.75. The highest BCUT2D eigenvalue weighted by Gasteiger charge is 2.33. The lowest BCUT2D eigenvalue weighted by molar-refractivity contribution is 0.404. The van der Waals surface area contributed by atoms with E-state index in [4.69, 9.17) is 0 Å². The zero-order chi connectivity index (χ0) is 20.5. The lowest BCUT2D eigenvalue weighted by Crippen LogP contribution is -2.38. The Morgan fingerprint density at radius 1 is 1.00 bits per heavy atom. The Morgan fingerprint density at radius 2 is 1.61 bits per heavy atom. The van der Waals surface area contributed by atoms with Crippen molar-refractivity contribution < 1.29 is 21.2 Å². The highest BCUT2D eigenvalue weighted by molar-refractivity contribution is 7.89. The summed E-state index contributed by atoms with van der Waals surface area (Å²) in [4.78, 5) is 0.148. The Labute approximate surface area is 164 Å². The van der Waals surface area contributed by atoms with Crippen molar-refractivity contribution in [3.63, 3.8) is 0 Å². The van der Waals surface area contributed by atoms with Crippen molar-refractivity contribution in [1.29, 1.82) is 0 Å². The predicted molar refractivity (Wildman–Crippen MR) is 102 cm³/mol. The summed E-state index contributed by atoms with van der Waals surface area (Å²) in [5.74, 6) is -0.679. The molecule has 0 atom stereocenters. The Hall–Kier alpha value is -1.82. The van der Waals surface area contributed by atoms with Gasteiger partial charge in [-0.3, -0.25) is 5.10 Å². The maximum absolute atomic E-state index is 13.0. The molecule has 1 aliphatic rings. The topological polar surface area (TPSA) is 103 Å². The van der Waals surface area contributed by atoms with Crippen LogP contribution in [0.1, 0.15) is 23.4 Å². The summed E-state index contributed by atoms with van der Waals surface area (Å²) in [6.45, 7) is 3.86. The van der Waals surface area contributed by atoms with E-state index in [1.165, 1.54) is 32.9 Å². The number of hydrogen-bond donors (Lipinski definition) is 1. The molecular formula is C17H23FN4O4S2. The van der Waals surface area contributed by atoms with E-state index in [1.807, 2.05) is 0 Å². The molecule has 0 amide bonds. The van der Waals surface area contributed by atoms with Gasteiger partial charge in [0.05, 0.1) is 17.1 Å². The number of sulfonamides is 2. The Kier molecular flexibility index (Phi) is 5.89. The molecule has 0 aliphatic carbocycles. The smallest absolute Gasteiger partial charge is 0.246 e. The molecule has 0 saturated carbocycles. The summed E-state index contributed by atoms with van der Waals surface area (Å²) in [5, 5.41) is 6.62. The first-order valence-corrected chi connectivity index (χ1v) is 11.9. The number of hydrogen-bond acceptors (Lipinski definition) is 5. The summed E-state index contributed by atoms with van der Waals surface area (Å²) in [5.41, 5.74) is 1.34. The standard InChI is InChI=1S/C17H23FN4O4S2/c1-13-17(14(2)20-19-13)28(25,26)22-9-3-8-21(10-11-22)27(23,24)12-15-4-6-16(18)7-5-15/h4-7H,3,8-12H2,1-2H3,(H,19,20). The van der Waals surface area contributed by atoms with E-state index in [2.05, 4.69) is 10.2 Å². The SMILES string of the molecule is Cc1n[nH]c(C)c1S(=O)(=O)N1CCCN(S(=O)(=O)Cc2ccc(F)cc2)CC1. The van der Waals surface area contributed by atoms with Crippen molar-refractivity contribution in [3.05, 3.63) is 47.0 Å². The highest BCUT2D eigenvalue weighted by Crippen LogP contribution is 2.23. The van der Waals surface area contributed by atoms with E-state index in [9.17, 15) is 21.2 Å². The van der Waals surface area contributed by atoms with Gasteiger partial charge in [0, 0.05) is 26.2 Å². The normalized spacial score (nSPS) is 17.5. The number of aryl methyl sites for hydroxylation is 2. The van der Waals surface area contributed by atoms with E-state index >= 15 is 0 Å². The van der Waals surface area contributed by atoms with Crippen LogP contribution in [-0.2, 0) is 25.8 Å². The largest absolute Gasteiger partial charge is 0.281 e. The Morgan fingerprint density at radius 3 is 2.21 bits per heavy atom. The van der Waals surface area contributed by atoms with Crippen LogP contribution in [0, 0.1) is 19.7 Å². The summed E-state index contributed by atoms with van der Waals surface area (Å²) >= 11 is 0. The quantitative estimate of drug-likeness (QED) is 0.772. The molecule has 11 heteroatoms. The first-order chi connectivity index (χ1) is 13.1. The summed E-state index contributed by atoms with van der Waals surface area (Å²) in [6.07, 6.45) is 0.387. The molecule has 1 aromatic carbocycles. The van der Waals surface area contributed by atoms with E-state index < -0.39 is 25.9 Å². The van der Waals surface area contributed by atoms with Crippen LogP contribution in [0.2, 0.25) is 0 Å². The van der Waals surface area contributed by atoms with Gasteiger partial charge >= 0.3 is 0 Å². The second-order valence-corrected chi connectivity index (χ2v) is 10.6. The highest BCUT2D eigenvalue weighted by atomic mass is 32.2. The number of aromatic nitrogens is 2. The number of nitrogens with zero attached hydrogens (tertiary/aromatic N) is 3. The maximum atomic E-state index is 13.0. The van der Waals surface area contributed by atoms with Gasteiger partial charge in [-0.05, 0) is 38.0 Å². The molecule has 28 heavy (non-hydrogen) atoms. The van der Waals surface area contributed by atoms with Gasteiger partial charge in [-0.1, -0.05) is 12.1 Å². The number of aromatic amines is 1. The third-order valence-corrected chi connectivity index (χ3v) is 8.74. The fourth-order valence-corrected chi connectivity index (χ4v) is 6.69. The van der Waals surface area contributed by atoms with Gasteiger partial charge in [0.2, 0.25) is 20.0 Å². The van der Waals surface area contributed by atoms with Gasteiger partial charge in [-0.15, -0.1) is 0 Å². The first kappa shape index (κ1) is 20.9. The second kappa shape index (κ2) is 7.90. The maximum Gasteiger partial charge on any atom is 0.246 e. The van der Waals surface area contributed by atoms with Crippen molar-refractivity contribution >= 4 is 20.0 Å². The molecule has 2 heterocycles. The molecule has 8 nitrogen and oxygen atoms in total. The van der Waals surface area contributed by atoms with Crippen LogP contribution in [-0.4, -0.2) is 61.8 Å². The summed E-state index contributed by atoms with van der Waals surface area (Å²) in [6, 6.07) is 5.31. The van der Waals surface area contributed by atoms with E-state index in [-0.39, 0.29) is 36.8 Å². The molecule has 154 valence electrons. The second-order valence-electron chi connectivity index (χ2n) is 6.80.